The van der Waals surface area contributed by atoms with Gasteiger partial charge in [-0.15, -0.1) is 0 Å². The SMILES string of the molecule is CC/C=C\C/C=C\C/C=C\C/C=C\C/C=C\C/C=C\C/C=C\C/C=C\CCCCCCCCC(=O)OCC(COC(=O)CCCCCCC)OC(=O)CCC/C=C\C/C=C\C/C=C\C/C=C\C/C=C\CC. The van der Waals surface area contributed by atoms with Crippen LogP contribution in [0.2, 0.25) is 0 Å². The lowest BCUT2D eigenvalue weighted by Gasteiger charge is -2.18. The zero-order valence-electron chi connectivity index (χ0n) is 45.2. The Hall–Kier alpha value is -4.97. The highest BCUT2D eigenvalue weighted by molar-refractivity contribution is 5.71. The van der Waals surface area contributed by atoms with E-state index in [-0.39, 0.29) is 37.5 Å². The van der Waals surface area contributed by atoms with Crippen LogP contribution in [0.25, 0.3) is 0 Å². The van der Waals surface area contributed by atoms with Crippen LogP contribution in [0, 0.1) is 0 Å². The summed E-state index contributed by atoms with van der Waals surface area (Å²) in [6.45, 7) is 6.24. The Kier molecular flexibility index (Phi) is 53.6. The molecular weight excluding hydrogens is 877 g/mol. The fourth-order valence-corrected chi connectivity index (χ4v) is 6.90. The summed E-state index contributed by atoms with van der Waals surface area (Å²) < 4.78 is 16.6. The molecule has 0 aromatic carbocycles. The highest BCUT2D eigenvalue weighted by Gasteiger charge is 2.19. The molecule has 6 heteroatoms. The van der Waals surface area contributed by atoms with Gasteiger partial charge in [0.05, 0.1) is 0 Å². The van der Waals surface area contributed by atoms with E-state index in [2.05, 4.69) is 179 Å². The summed E-state index contributed by atoms with van der Waals surface area (Å²) in [5.41, 5.74) is 0. The van der Waals surface area contributed by atoms with Crippen LogP contribution in [-0.4, -0.2) is 37.2 Å². The largest absolute Gasteiger partial charge is 0.462 e. The molecule has 71 heavy (non-hydrogen) atoms. The molecule has 0 aliphatic carbocycles. The average molecular weight is 978 g/mol. The molecule has 0 aliphatic heterocycles. The zero-order chi connectivity index (χ0) is 51.4. The summed E-state index contributed by atoms with van der Waals surface area (Å²) in [4.78, 5) is 37.7. The number of unbranched alkanes of at least 4 members (excludes halogenated alkanes) is 11. The summed E-state index contributed by atoms with van der Waals surface area (Å²) in [6, 6.07) is 0. The number of carbonyl (C=O) groups is 3. The first-order valence-corrected chi connectivity index (χ1v) is 28.0. The first-order chi connectivity index (χ1) is 35.0. The molecule has 0 radical (unpaired) electrons. The van der Waals surface area contributed by atoms with Gasteiger partial charge in [-0.1, -0.05) is 230 Å². The Balaban J connectivity index is 4.22. The number of allylic oxidation sites excluding steroid dienone is 26. The summed E-state index contributed by atoms with van der Waals surface area (Å²) in [5, 5.41) is 0. The normalized spacial score (nSPS) is 13.3. The van der Waals surface area contributed by atoms with Gasteiger partial charge < -0.3 is 14.2 Å². The molecule has 0 heterocycles. The second-order valence-electron chi connectivity index (χ2n) is 17.7. The first kappa shape index (κ1) is 66.0. The third-order valence-electron chi connectivity index (χ3n) is 11.0. The van der Waals surface area contributed by atoms with Gasteiger partial charge in [0.15, 0.2) is 6.10 Å². The van der Waals surface area contributed by atoms with E-state index < -0.39 is 6.10 Å². The lowest BCUT2D eigenvalue weighted by molar-refractivity contribution is -0.167. The van der Waals surface area contributed by atoms with Crippen LogP contribution in [0.15, 0.2) is 158 Å². The van der Waals surface area contributed by atoms with E-state index in [4.69, 9.17) is 14.2 Å². The van der Waals surface area contributed by atoms with Crippen molar-refractivity contribution >= 4 is 17.9 Å². The van der Waals surface area contributed by atoms with Crippen molar-refractivity contribution in [2.24, 2.45) is 0 Å². The molecule has 6 nitrogen and oxygen atoms in total. The Morgan fingerprint density at radius 1 is 0.296 bits per heavy atom. The van der Waals surface area contributed by atoms with E-state index in [1.165, 1.54) is 12.8 Å². The monoisotopic (exact) mass is 977 g/mol. The zero-order valence-corrected chi connectivity index (χ0v) is 45.2. The molecule has 0 spiro atoms. The lowest BCUT2D eigenvalue weighted by atomic mass is 10.1. The van der Waals surface area contributed by atoms with Crippen molar-refractivity contribution in [1.29, 1.82) is 0 Å². The van der Waals surface area contributed by atoms with Crippen LogP contribution in [0.3, 0.4) is 0 Å². The number of ether oxygens (including phenoxy) is 3. The van der Waals surface area contributed by atoms with E-state index in [1.54, 1.807) is 0 Å². The molecule has 1 unspecified atom stereocenters. The molecule has 0 saturated carbocycles. The minimum atomic E-state index is -0.817. The molecular formula is C65H100O6. The van der Waals surface area contributed by atoms with Gasteiger partial charge in [-0.05, 0) is 122 Å². The van der Waals surface area contributed by atoms with Crippen LogP contribution < -0.4 is 0 Å². The van der Waals surface area contributed by atoms with Gasteiger partial charge in [0.25, 0.3) is 0 Å². The number of rotatable bonds is 48. The summed E-state index contributed by atoms with van der Waals surface area (Å²) in [7, 11) is 0. The van der Waals surface area contributed by atoms with Gasteiger partial charge in [0, 0.05) is 19.3 Å². The Bertz CT molecular complexity index is 1640. The number of hydrogen-bond acceptors (Lipinski definition) is 6. The number of carbonyl (C=O) groups excluding carboxylic acids is 3. The molecule has 0 fully saturated rings. The lowest BCUT2D eigenvalue weighted by Crippen LogP contribution is -2.30. The predicted molar refractivity (Wildman–Crippen MR) is 306 cm³/mol. The second kappa shape index (κ2) is 57.6. The third kappa shape index (κ3) is 55.8. The molecule has 0 N–H and O–H groups in total. The smallest absolute Gasteiger partial charge is 0.306 e. The average Bonchev–Trinajstić information content (AvgIpc) is 3.37. The molecule has 0 bridgehead atoms. The van der Waals surface area contributed by atoms with E-state index in [9.17, 15) is 14.4 Å². The van der Waals surface area contributed by atoms with Crippen LogP contribution in [0.5, 0.6) is 0 Å². The highest BCUT2D eigenvalue weighted by Crippen LogP contribution is 2.12. The van der Waals surface area contributed by atoms with Crippen LogP contribution in [0.1, 0.15) is 213 Å². The number of hydrogen-bond donors (Lipinski definition) is 0. The minimum Gasteiger partial charge on any atom is -0.462 e. The highest BCUT2D eigenvalue weighted by atomic mass is 16.6. The minimum absolute atomic E-state index is 0.113. The van der Waals surface area contributed by atoms with E-state index in [0.29, 0.717) is 19.3 Å². The Morgan fingerprint density at radius 3 is 0.901 bits per heavy atom. The van der Waals surface area contributed by atoms with Gasteiger partial charge in [-0.2, -0.15) is 0 Å². The second-order valence-corrected chi connectivity index (χ2v) is 17.7. The molecule has 396 valence electrons. The summed E-state index contributed by atoms with van der Waals surface area (Å²) >= 11 is 0. The van der Waals surface area contributed by atoms with Gasteiger partial charge in [-0.25, -0.2) is 0 Å². The molecule has 1 atom stereocenters. The van der Waals surface area contributed by atoms with Crippen molar-refractivity contribution in [3.63, 3.8) is 0 Å². The van der Waals surface area contributed by atoms with Gasteiger partial charge in [0.1, 0.15) is 13.2 Å². The standard InChI is InChI=1S/C65H100O6/c1-4-7-10-13-15-17-19-21-23-25-26-27-28-29-30-31-32-33-34-35-36-37-38-40-41-43-45-47-49-52-55-58-64(67)70-61-62(60-69-63(66)57-54-51-12-9-6-3)71-65(68)59-56-53-50-48-46-44-42-39-24-22-20-18-16-14-11-8-5-2/h7-8,10-11,15-18,21-24,26-27,29-30,32-33,35-36,38,40,42,44,48,50,62H,4-6,9,12-14,19-20,25,28,31,34,37,39,41,43,45-47,49,51-61H2,1-3H3/b10-7-,11-8-,17-15-,18-16-,23-21-,24-22-,27-26-,30-29-,33-32-,36-35-,40-38-,44-42-,50-48-. The maximum absolute atomic E-state index is 12.7. The Morgan fingerprint density at radius 2 is 0.563 bits per heavy atom. The maximum atomic E-state index is 12.7. The van der Waals surface area contributed by atoms with Crippen molar-refractivity contribution in [2.45, 2.75) is 219 Å². The van der Waals surface area contributed by atoms with Crippen molar-refractivity contribution < 1.29 is 28.6 Å². The summed E-state index contributed by atoms with van der Waals surface area (Å²) in [6.07, 6.45) is 84.3. The fraction of sp³-hybridized carbons (Fsp3) is 0.554. The van der Waals surface area contributed by atoms with Crippen LogP contribution in [-0.2, 0) is 28.6 Å². The quantitative estimate of drug-likeness (QED) is 0.0262. The molecule has 0 rings (SSSR count). The molecule has 0 aliphatic rings. The van der Waals surface area contributed by atoms with Crippen LogP contribution >= 0.6 is 0 Å². The summed E-state index contributed by atoms with van der Waals surface area (Å²) in [5.74, 6) is -1.01. The van der Waals surface area contributed by atoms with Crippen molar-refractivity contribution in [3.05, 3.63) is 158 Å². The molecule has 0 saturated heterocycles. The van der Waals surface area contributed by atoms with Crippen molar-refractivity contribution in [3.8, 4) is 0 Å². The topological polar surface area (TPSA) is 78.9 Å². The molecule has 0 aromatic rings. The number of esters is 3. The van der Waals surface area contributed by atoms with Gasteiger partial charge >= 0.3 is 17.9 Å². The van der Waals surface area contributed by atoms with E-state index in [0.717, 1.165) is 154 Å². The third-order valence-corrected chi connectivity index (χ3v) is 11.0. The van der Waals surface area contributed by atoms with Crippen LogP contribution in [0.4, 0.5) is 0 Å². The van der Waals surface area contributed by atoms with E-state index >= 15 is 0 Å². The van der Waals surface area contributed by atoms with Crippen molar-refractivity contribution in [1.82, 2.24) is 0 Å². The van der Waals surface area contributed by atoms with Crippen molar-refractivity contribution in [2.75, 3.05) is 13.2 Å². The Labute approximate surface area is 435 Å². The predicted octanol–water partition coefficient (Wildman–Crippen LogP) is 19.0. The first-order valence-electron chi connectivity index (χ1n) is 28.0. The fourth-order valence-electron chi connectivity index (χ4n) is 6.90. The maximum Gasteiger partial charge on any atom is 0.306 e. The molecule has 0 aromatic heterocycles. The van der Waals surface area contributed by atoms with Gasteiger partial charge in [-0.3, -0.25) is 14.4 Å². The van der Waals surface area contributed by atoms with E-state index in [1.807, 2.05) is 0 Å². The molecule has 0 amide bonds. The van der Waals surface area contributed by atoms with Gasteiger partial charge in [0.2, 0.25) is 0 Å².